The van der Waals surface area contributed by atoms with Crippen molar-refractivity contribution in [2.75, 3.05) is 12.0 Å². The number of anilines is 1. The standard InChI is InChI=1S/C27H23F2NO4/c1-14-7-5-6-8-18(14)24-23(25(31)19-11-16(3)22(34-4)12-15(19)2)26(32)27(33)30(24)17-9-10-20(28)21(29)13-17/h5-13,24,31H,1-4H3/b25-23+. The number of ketones is 1. The summed E-state index contributed by atoms with van der Waals surface area (Å²) in [5.74, 6) is -3.81. The Morgan fingerprint density at radius 1 is 0.912 bits per heavy atom. The van der Waals surface area contributed by atoms with Crippen molar-refractivity contribution in [3.63, 3.8) is 0 Å². The predicted octanol–water partition coefficient (Wildman–Crippen LogP) is 5.52. The van der Waals surface area contributed by atoms with Crippen molar-refractivity contribution in [3.05, 3.63) is 99.6 Å². The average molecular weight is 463 g/mol. The SMILES string of the molecule is COc1cc(C)c(/C(O)=C2\C(=O)C(=O)N(c3ccc(F)c(F)c3)C2c2ccccc2C)cc1C. The first-order chi connectivity index (χ1) is 16.1. The molecule has 0 spiro atoms. The van der Waals surface area contributed by atoms with Gasteiger partial charge in [-0.15, -0.1) is 0 Å². The number of carbonyl (C=O) groups is 2. The normalized spacial score (nSPS) is 17.4. The molecule has 1 unspecified atom stereocenters. The number of rotatable bonds is 4. The Morgan fingerprint density at radius 3 is 2.26 bits per heavy atom. The van der Waals surface area contributed by atoms with Crippen LogP contribution in [0.2, 0.25) is 0 Å². The van der Waals surface area contributed by atoms with Gasteiger partial charge in [-0.3, -0.25) is 14.5 Å². The molecule has 3 aromatic carbocycles. The summed E-state index contributed by atoms with van der Waals surface area (Å²) in [6.45, 7) is 5.36. The Kier molecular flexibility index (Phi) is 5.96. The minimum absolute atomic E-state index is 0.0101. The number of ether oxygens (including phenoxy) is 1. The molecular formula is C27H23F2NO4. The number of aryl methyl sites for hydroxylation is 3. The van der Waals surface area contributed by atoms with Crippen LogP contribution >= 0.6 is 0 Å². The molecule has 0 saturated carbocycles. The van der Waals surface area contributed by atoms with Crippen molar-refractivity contribution in [1.82, 2.24) is 0 Å². The van der Waals surface area contributed by atoms with E-state index in [4.69, 9.17) is 4.74 Å². The molecular weight excluding hydrogens is 440 g/mol. The molecule has 1 heterocycles. The summed E-state index contributed by atoms with van der Waals surface area (Å²) in [4.78, 5) is 27.6. The molecule has 1 aliphatic rings. The van der Waals surface area contributed by atoms with Gasteiger partial charge >= 0.3 is 0 Å². The first kappa shape index (κ1) is 23.2. The van der Waals surface area contributed by atoms with E-state index >= 15 is 0 Å². The second-order valence-corrected chi connectivity index (χ2v) is 8.26. The number of nitrogens with zero attached hydrogens (tertiary/aromatic N) is 1. The molecule has 0 aromatic heterocycles. The van der Waals surface area contributed by atoms with Crippen LogP contribution in [-0.4, -0.2) is 23.9 Å². The molecule has 0 bridgehead atoms. The number of benzene rings is 3. The minimum Gasteiger partial charge on any atom is -0.507 e. The van der Waals surface area contributed by atoms with Gasteiger partial charge in [-0.2, -0.15) is 0 Å². The van der Waals surface area contributed by atoms with Crippen LogP contribution in [0, 0.1) is 32.4 Å². The van der Waals surface area contributed by atoms with E-state index in [-0.39, 0.29) is 17.0 Å². The molecule has 0 aliphatic carbocycles. The van der Waals surface area contributed by atoms with Gasteiger partial charge in [0.2, 0.25) is 0 Å². The van der Waals surface area contributed by atoms with Gasteiger partial charge in [0, 0.05) is 17.3 Å². The third-order valence-corrected chi connectivity index (χ3v) is 6.11. The monoisotopic (exact) mass is 463 g/mol. The summed E-state index contributed by atoms with van der Waals surface area (Å²) >= 11 is 0. The minimum atomic E-state index is -1.15. The highest BCUT2D eigenvalue weighted by Gasteiger charge is 2.47. The Bertz CT molecular complexity index is 1360. The summed E-state index contributed by atoms with van der Waals surface area (Å²) in [5.41, 5.74) is 2.97. The molecule has 1 saturated heterocycles. The first-order valence-electron chi connectivity index (χ1n) is 10.6. The molecule has 3 aromatic rings. The number of hydrogen-bond acceptors (Lipinski definition) is 4. The second kappa shape index (κ2) is 8.74. The quantitative estimate of drug-likeness (QED) is 0.314. The van der Waals surface area contributed by atoms with E-state index in [2.05, 4.69) is 0 Å². The van der Waals surface area contributed by atoms with Gasteiger partial charge in [0.25, 0.3) is 11.7 Å². The fourth-order valence-corrected chi connectivity index (χ4v) is 4.33. The Hall–Kier alpha value is -4.00. The van der Waals surface area contributed by atoms with E-state index < -0.39 is 29.4 Å². The number of amides is 1. The van der Waals surface area contributed by atoms with Crippen LogP contribution in [0.3, 0.4) is 0 Å². The number of Topliss-reactive ketones (excluding diaryl/α,β-unsaturated/α-hetero) is 1. The second-order valence-electron chi connectivity index (χ2n) is 8.26. The molecule has 4 rings (SSSR count). The van der Waals surface area contributed by atoms with Crippen molar-refractivity contribution in [2.45, 2.75) is 26.8 Å². The van der Waals surface area contributed by atoms with E-state index in [9.17, 15) is 23.5 Å². The van der Waals surface area contributed by atoms with Crippen molar-refractivity contribution in [1.29, 1.82) is 0 Å². The van der Waals surface area contributed by atoms with Gasteiger partial charge in [0.1, 0.15) is 11.5 Å². The van der Waals surface area contributed by atoms with Crippen LogP contribution in [0.5, 0.6) is 5.75 Å². The maximum atomic E-state index is 14.1. The maximum Gasteiger partial charge on any atom is 0.300 e. The first-order valence-corrected chi connectivity index (χ1v) is 10.6. The van der Waals surface area contributed by atoms with Crippen LogP contribution in [0.4, 0.5) is 14.5 Å². The van der Waals surface area contributed by atoms with Crippen molar-refractivity contribution >= 4 is 23.1 Å². The summed E-state index contributed by atoms with van der Waals surface area (Å²) < 4.78 is 33.0. The lowest BCUT2D eigenvalue weighted by Gasteiger charge is -2.27. The molecule has 5 nitrogen and oxygen atoms in total. The highest BCUT2D eigenvalue weighted by Crippen LogP contribution is 2.44. The van der Waals surface area contributed by atoms with Crippen LogP contribution in [0.15, 0.2) is 60.2 Å². The summed E-state index contributed by atoms with van der Waals surface area (Å²) in [7, 11) is 1.53. The molecule has 34 heavy (non-hydrogen) atoms. The highest BCUT2D eigenvalue weighted by atomic mass is 19.2. The lowest BCUT2D eigenvalue weighted by Crippen LogP contribution is -2.30. The van der Waals surface area contributed by atoms with Crippen LogP contribution in [-0.2, 0) is 9.59 Å². The van der Waals surface area contributed by atoms with Gasteiger partial charge in [-0.25, -0.2) is 8.78 Å². The largest absolute Gasteiger partial charge is 0.507 e. The van der Waals surface area contributed by atoms with Gasteiger partial charge < -0.3 is 9.84 Å². The highest BCUT2D eigenvalue weighted by molar-refractivity contribution is 6.51. The number of carbonyl (C=O) groups excluding carboxylic acids is 2. The lowest BCUT2D eigenvalue weighted by molar-refractivity contribution is -0.132. The molecule has 1 atom stereocenters. The smallest absolute Gasteiger partial charge is 0.300 e. The molecule has 174 valence electrons. The Labute approximate surface area is 195 Å². The zero-order valence-electron chi connectivity index (χ0n) is 19.1. The Morgan fingerprint density at radius 2 is 1.62 bits per heavy atom. The fourth-order valence-electron chi connectivity index (χ4n) is 4.33. The van der Waals surface area contributed by atoms with Gasteiger partial charge in [-0.05, 0) is 67.3 Å². The number of aliphatic hydroxyl groups excluding tert-OH is 1. The Balaban J connectivity index is 2.00. The molecule has 1 aliphatic heterocycles. The molecule has 1 amide bonds. The molecule has 1 N–H and O–H groups in total. The zero-order chi connectivity index (χ0) is 24.7. The van der Waals surface area contributed by atoms with Crippen molar-refractivity contribution in [2.24, 2.45) is 0 Å². The topological polar surface area (TPSA) is 66.8 Å². The van der Waals surface area contributed by atoms with Crippen molar-refractivity contribution in [3.8, 4) is 5.75 Å². The number of aliphatic hydroxyl groups is 1. The summed E-state index contributed by atoms with van der Waals surface area (Å²) in [6.07, 6.45) is 0. The zero-order valence-corrected chi connectivity index (χ0v) is 19.1. The molecule has 0 radical (unpaired) electrons. The predicted molar refractivity (Wildman–Crippen MR) is 125 cm³/mol. The lowest BCUT2D eigenvalue weighted by atomic mass is 9.91. The average Bonchev–Trinajstić information content (AvgIpc) is 3.07. The third-order valence-electron chi connectivity index (χ3n) is 6.11. The van der Waals surface area contributed by atoms with E-state index in [1.54, 1.807) is 44.2 Å². The molecule has 7 heteroatoms. The van der Waals surface area contributed by atoms with Crippen molar-refractivity contribution < 1.29 is 28.2 Å². The van der Waals surface area contributed by atoms with E-state index in [0.717, 1.165) is 28.2 Å². The van der Waals surface area contributed by atoms with Gasteiger partial charge in [0.15, 0.2) is 11.6 Å². The van der Waals surface area contributed by atoms with Crippen LogP contribution in [0.1, 0.15) is 33.9 Å². The maximum absolute atomic E-state index is 14.1. The van der Waals surface area contributed by atoms with E-state index in [1.807, 2.05) is 13.0 Å². The number of methoxy groups -OCH3 is 1. The van der Waals surface area contributed by atoms with Gasteiger partial charge in [-0.1, -0.05) is 24.3 Å². The number of hydrogen-bond donors (Lipinski definition) is 1. The summed E-state index contributed by atoms with van der Waals surface area (Å²) in [5, 5.41) is 11.4. The fraction of sp³-hybridized carbons (Fsp3) is 0.185. The third kappa shape index (κ3) is 3.73. The van der Waals surface area contributed by atoms with Crippen LogP contribution < -0.4 is 9.64 Å². The van der Waals surface area contributed by atoms with Crippen LogP contribution in [0.25, 0.3) is 5.76 Å². The summed E-state index contributed by atoms with van der Waals surface area (Å²) in [6, 6.07) is 12.5. The molecule has 1 fully saturated rings. The van der Waals surface area contributed by atoms with E-state index in [1.165, 1.54) is 13.2 Å². The van der Waals surface area contributed by atoms with E-state index in [0.29, 0.717) is 22.4 Å². The van der Waals surface area contributed by atoms with Gasteiger partial charge in [0.05, 0.1) is 18.7 Å². The number of halogens is 2.